The molecule has 0 spiro atoms. The number of oxime groups is 1. The molecule has 0 atom stereocenters. The Labute approximate surface area is 131 Å². The SMILES string of the molecule is CO/N=C(/C#N)c1ccccc1COc1ccc(Br)cc1. The van der Waals surface area contributed by atoms with Crippen molar-refractivity contribution in [1.82, 2.24) is 0 Å². The molecule has 0 aliphatic heterocycles. The molecule has 0 bridgehead atoms. The van der Waals surface area contributed by atoms with Crippen molar-refractivity contribution in [1.29, 1.82) is 5.26 Å². The van der Waals surface area contributed by atoms with E-state index < -0.39 is 0 Å². The van der Waals surface area contributed by atoms with E-state index in [4.69, 9.17) is 14.8 Å². The molecule has 2 aromatic rings. The van der Waals surface area contributed by atoms with E-state index in [1.165, 1.54) is 7.11 Å². The van der Waals surface area contributed by atoms with E-state index in [9.17, 15) is 0 Å². The molecule has 0 amide bonds. The maximum absolute atomic E-state index is 9.14. The zero-order chi connectivity index (χ0) is 15.1. The van der Waals surface area contributed by atoms with Crippen molar-refractivity contribution in [3.05, 3.63) is 64.1 Å². The van der Waals surface area contributed by atoms with Crippen LogP contribution in [0.15, 0.2) is 58.2 Å². The van der Waals surface area contributed by atoms with Crippen LogP contribution >= 0.6 is 15.9 Å². The predicted octanol–water partition coefficient (Wildman–Crippen LogP) is 3.90. The van der Waals surface area contributed by atoms with E-state index in [1.807, 2.05) is 54.6 Å². The molecular weight excluding hydrogens is 332 g/mol. The van der Waals surface area contributed by atoms with Crippen molar-refractivity contribution in [3.8, 4) is 11.8 Å². The normalized spacial score (nSPS) is 10.8. The third-order valence-electron chi connectivity index (χ3n) is 2.77. The number of nitriles is 1. The Morgan fingerprint density at radius 3 is 2.57 bits per heavy atom. The average Bonchev–Trinajstić information content (AvgIpc) is 2.52. The molecule has 0 radical (unpaired) electrons. The van der Waals surface area contributed by atoms with Crippen LogP contribution in [-0.2, 0) is 11.4 Å². The Morgan fingerprint density at radius 2 is 1.90 bits per heavy atom. The van der Waals surface area contributed by atoms with Gasteiger partial charge in [0.2, 0.25) is 0 Å². The first-order valence-electron chi connectivity index (χ1n) is 6.22. The van der Waals surface area contributed by atoms with Gasteiger partial charge in [-0.15, -0.1) is 0 Å². The first-order chi connectivity index (χ1) is 10.2. The molecule has 0 N–H and O–H groups in total. The zero-order valence-electron chi connectivity index (χ0n) is 11.4. The zero-order valence-corrected chi connectivity index (χ0v) is 13.0. The molecule has 21 heavy (non-hydrogen) atoms. The molecule has 4 nitrogen and oxygen atoms in total. The van der Waals surface area contributed by atoms with Crippen molar-refractivity contribution >= 4 is 21.6 Å². The van der Waals surface area contributed by atoms with Crippen LogP contribution in [0.3, 0.4) is 0 Å². The summed E-state index contributed by atoms with van der Waals surface area (Å²) in [5.41, 5.74) is 1.81. The van der Waals surface area contributed by atoms with Crippen LogP contribution in [0.4, 0.5) is 0 Å². The van der Waals surface area contributed by atoms with E-state index in [0.717, 1.165) is 15.8 Å². The van der Waals surface area contributed by atoms with Crippen LogP contribution in [0.2, 0.25) is 0 Å². The van der Waals surface area contributed by atoms with Crippen molar-refractivity contribution in [3.63, 3.8) is 0 Å². The van der Waals surface area contributed by atoms with Crippen LogP contribution in [0.1, 0.15) is 11.1 Å². The molecule has 0 aromatic heterocycles. The summed E-state index contributed by atoms with van der Waals surface area (Å²) in [5.74, 6) is 0.759. The van der Waals surface area contributed by atoms with Crippen LogP contribution in [-0.4, -0.2) is 12.8 Å². The largest absolute Gasteiger partial charge is 0.489 e. The first-order valence-corrected chi connectivity index (χ1v) is 7.02. The number of hydrogen-bond donors (Lipinski definition) is 0. The summed E-state index contributed by atoms with van der Waals surface area (Å²) < 4.78 is 6.73. The van der Waals surface area contributed by atoms with Gasteiger partial charge < -0.3 is 9.57 Å². The van der Waals surface area contributed by atoms with Crippen LogP contribution < -0.4 is 4.74 Å². The smallest absolute Gasteiger partial charge is 0.187 e. The molecular formula is C16H13BrN2O2. The second kappa shape index (κ2) is 7.46. The molecule has 0 heterocycles. The summed E-state index contributed by atoms with van der Waals surface area (Å²) >= 11 is 3.38. The minimum Gasteiger partial charge on any atom is -0.489 e. The third kappa shape index (κ3) is 4.07. The van der Waals surface area contributed by atoms with Gasteiger partial charge in [0.1, 0.15) is 25.5 Å². The summed E-state index contributed by atoms with van der Waals surface area (Å²) in [6.45, 7) is 0.349. The second-order valence-electron chi connectivity index (χ2n) is 4.13. The topological polar surface area (TPSA) is 54.6 Å². The monoisotopic (exact) mass is 344 g/mol. The summed E-state index contributed by atoms with van der Waals surface area (Å²) in [4.78, 5) is 4.70. The van der Waals surface area contributed by atoms with Gasteiger partial charge in [0.15, 0.2) is 5.71 Å². The maximum Gasteiger partial charge on any atom is 0.187 e. The standard InChI is InChI=1S/C16H13BrN2O2/c1-20-19-16(10-18)15-5-3-2-4-12(15)11-21-14-8-6-13(17)7-9-14/h2-9H,11H2,1H3/b19-16-. The van der Waals surface area contributed by atoms with E-state index in [0.29, 0.717) is 12.2 Å². The van der Waals surface area contributed by atoms with E-state index in [1.54, 1.807) is 0 Å². The Hall–Kier alpha value is -2.32. The highest BCUT2D eigenvalue weighted by Gasteiger charge is 2.10. The fraction of sp³-hybridized carbons (Fsp3) is 0.125. The minimum atomic E-state index is 0.229. The second-order valence-corrected chi connectivity index (χ2v) is 5.05. The highest BCUT2D eigenvalue weighted by Crippen LogP contribution is 2.19. The lowest BCUT2D eigenvalue weighted by Gasteiger charge is -2.10. The van der Waals surface area contributed by atoms with Crippen molar-refractivity contribution in [2.45, 2.75) is 6.61 Å². The van der Waals surface area contributed by atoms with Gasteiger partial charge in [-0.25, -0.2) is 0 Å². The average molecular weight is 345 g/mol. The fourth-order valence-corrected chi connectivity index (χ4v) is 2.05. The van der Waals surface area contributed by atoms with E-state index >= 15 is 0 Å². The molecule has 0 saturated heterocycles. The van der Waals surface area contributed by atoms with Gasteiger partial charge >= 0.3 is 0 Å². The Bertz CT molecular complexity index is 675. The molecule has 5 heteroatoms. The van der Waals surface area contributed by atoms with Gasteiger partial charge in [-0.1, -0.05) is 45.4 Å². The highest BCUT2D eigenvalue weighted by atomic mass is 79.9. The molecule has 0 fully saturated rings. The van der Waals surface area contributed by atoms with Gasteiger partial charge in [-0.05, 0) is 29.8 Å². The van der Waals surface area contributed by atoms with Gasteiger partial charge in [-0.2, -0.15) is 5.26 Å². The highest BCUT2D eigenvalue weighted by molar-refractivity contribution is 9.10. The molecule has 0 unspecified atom stereocenters. The number of benzene rings is 2. The predicted molar refractivity (Wildman–Crippen MR) is 84.1 cm³/mol. The van der Waals surface area contributed by atoms with E-state index in [-0.39, 0.29) is 5.71 Å². The van der Waals surface area contributed by atoms with Crippen LogP contribution in [0.25, 0.3) is 0 Å². The third-order valence-corrected chi connectivity index (χ3v) is 3.30. The number of ether oxygens (including phenoxy) is 1. The van der Waals surface area contributed by atoms with Crippen molar-refractivity contribution in [2.24, 2.45) is 5.16 Å². The van der Waals surface area contributed by atoms with Gasteiger partial charge in [0.25, 0.3) is 0 Å². The molecule has 0 aliphatic rings. The lowest BCUT2D eigenvalue weighted by atomic mass is 10.0. The molecule has 0 saturated carbocycles. The maximum atomic E-state index is 9.14. The quantitative estimate of drug-likeness (QED) is 0.610. The summed E-state index contributed by atoms with van der Waals surface area (Å²) in [7, 11) is 1.41. The molecule has 2 rings (SSSR count). The Morgan fingerprint density at radius 1 is 1.19 bits per heavy atom. The number of hydrogen-bond acceptors (Lipinski definition) is 4. The van der Waals surface area contributed by atoms with Gasteiger partial charge in [-0.3, -0.25) is 0 Å². The fourth-order valence-electron chi connectivity index (χ4n) is 1.79. The lowest BCUT2D eigenvalue weighted by molar-refractivity contribution is 0.214. The Kier molecular flexibility index (Phi) is 5.35. The molecule has 0 aliphatic carbocycles. The summed E-state index contributed by atoms with van der Waals surface area (Å²) in [6.07, 6.45) is 0. The number of rotatable bonds is 5. The van der Waals surface area contributed by atoms with Crippen LogP contribution in [0, 0.1) is 11.3 Å². The van der Waals surface area contributed by atoms with Gasteiger partial charge in [0.05, 0.1) is 0 Å². The number of halogens is 1. The summed E-state index contributed by atoms with van der Waals surface area (Å²) in [6, 6.07) is 17.1. The van der Waals surface area contributed by atoms with Crippen molar-refractivity contribution in [2.75, 3.05) is 7.11 Å². The first kappa shape index (κ1) is 15.1. The lowest BCUT2D eigenvalue weighted by Crippen LogP contribution is -2.06. The Balaban J connectivity index is 2.19. The van der Waals surface area contributed by atoms with Crippen molar-refractivity contribution < 1.29 is 9.57 Å². The van der Waals surface area contributed by atoms with Gasteiger partial charge in [0, 0.05) is 10.0 Å². The van der Waals surface area contributed by atoms with E-state index in [2.05, 4.69) is 21.1 Å². The molecule has 106 valence electrons. The molecule has 2 aromatic carbocycles. The summed E-state index contributed by atoms with van der Waals surface area (Å²) in [5, 5.41) is 12.9. The minimum absolute atomic E-state index is 0.229. The van der Waals surface area contributed by atoms with Crippen LogP contribution in [0.5, 0.6) is 5.75 Å². The number of nitrogens with zero attached hydrogens (tertiary/aromatic N) is 2.